The molecule has 0 amide bonds. The van der Waals surface area contributed by atoms with Crippen LogP contribution in [0.1, 0.15) is 22.3 Å². The number of esters is 4. The summed E-state index contributed by atoms with van der Waals surface area (Å²) in [6.45, 7) is 3.05. The van der Waals surface area contributed by atoms with Crippen molar-refractivity contribution < 1.29 is 69.9 Å². The predicted octanol–water partition coefficient (Wildman–Crippen LogP) is 17.1. The van der Waals surface area contributed by atoms with Crippen molar-refractivity contribution >= 4 is 67.5 Å². The molecule has 4 aromatic heterocycles. The summed E-state index contributed by atoms with van der Waals surface area (Å²) >= 11 is 0. The molecule has 19 nitrogen and oxygen atoms in total. The maximum absolute atomic E-state index is 15.3. The second kappa shape index (κ2) is 35.4. The predicted molar refractivity (Wildman–Crippen MR) is 406 cm³/mol. The summed E-state index contributed by atoms with van der Waals surface area (Å²) in [6, 6.07) is 77.9. The van der Waals surface area contributed by atoms with Crippen molar-refractivity contribution in [1.82, 2.24) is 39.1 Å². The van der Waals surface area contributed by atoms with Crippen LogP contribution in [0.3, 0.4) is 0 Å². The van der Waals surface area contributed by atoms with Gasteiger partial charge in [0.2, 0.25) is 0 Å². The maximum Gasteiger partial charge on any atom is 0.327 e. The van der Waals surface area contributed by atoms with Crippen LogP contribution in [0.2, 0.25) is 0 Å². The molecule has 15 rings (SSSR count). The van der Waals surface area contributed by atoms with Gasteiger partial charge in [-0.15, -0.1) is 0 Å². The molecule has 0 spiro atoms. The van der Waals surface area contributed by atoms with Crippen LogP contribution in [0.4, 0.5) is 17.6 Å². The van der Waals surface area contributed by atoms with Crippen molar-refractivity contribution in [2.24, 2.45) is 0 Å². The second-order valence-electron chi connectivity index (χ2n) is 24.6. The number of carbonyl (C=O) groups excluding carboxylic acids is 4. The number of methoxy groups -OCH3 is 4. The Hall–Kier alpha value is -13.7. The summed E-state index contributed by atoms with van der Waals surface area (Å²) in [5.41, 5.74) is 10.8. The number of rotatable bonds is 21. The molecule has 0 saturated carbocycles. The minimum atomic E-state index is -0.574. The number of nitrogens with zero attached hydrogens (tertiary/aromatic N) is 8. The van der Waals surface area contributed by atoms with Gasteiger partial charge in [0.1, 0.15) is 97.7 Å². The highest BCUT2D eigenvalue weighted by Crippen LogP contribution is 2.38. The SMILES string of the molecule is COC(=O)Cn1nc(-c2cc(F)ccc2F)c2ccccc21.COC(=O)Cn1nc(-c2cc(OCc3ccccc3)ccc2C)c2ccccc21.COC(=O)Cn1nc(-c2cc(OCc3ccccc3)ccc2F)c2ccccc21.COC(=O)Cn1nc(-c2cccc(OCc3ccccc3)c2F)c2ccccc21. The van der Waals surface area contributed by atoms with E-state index in [2.05, 4.69) is 20.0 Å². The molecule has 0 N–H and O–H groups in total. The first-order valence-electron chi connectivity index (χ1n) is 34.3. The third-order valence-electron chi connectivity index (χ3n) is 17.5. The van der Waals surface area contributed by atoms with Crippen LogP contribution in [0, 0.1) is 30.2 Å². The van der Waals surface area contributed by atoms with Crippen molar-refractivity contribution in [2.75, 3.05) is 28.4 Å². The highest BCUT2D eigenvalue weighted by molar-refractivity contribution is 5.98. The standard InChI is InChI=1S/C24H22N2O3.2C23H19FN2O3.C16H12F2N2O2/c1-17-12-13-19(29-16-18-8-4-3-5-9-18)14-21(17)24-20-10-6-7-11-22(20)26(25-24)15-23(27)28-2;1-28-21(27)14-26-19-12-6-5-10-17(19)23(25-26)18-11-7-13-20(22(18)24)29-15-16-8-3-2-4-9-16;1-28-22(27)14-26-21-10-6-5-9-18(21)23(25-26)19-13-17(11-12-20(19)24)29-15-16-7-3-2-4-8-16;1-22-15(21)9-20-14-5-3-2-4-11(14)16(19-20)12-8-10(17)6-7-13(12)18/h3-14H,15-16H2,1-2H3;2*2-13H,14-15H2,1H3;2-8H,9H2,1H3. The molecule has 0 saturated heterocycles. The monoisotopic (exact) mass is 1470 g/mol. The number of ether oxygens (including phenoxy) is 7. The van der Waals surface area contributed by atoms with Gasteiger partial charge in [0.15, 0.2) is 11.6 Å². The molecular formula is C86H72F4N8O11. The zero-order valence-corrected chi connectivity index (χ0v) is 59.9. The molecule has 23 heteroatoms. The first-order valence-corrected chi connectivity index (χ1v) is 34.3. The Balaban J connectivity index is 0.000000136. The zero-order valence-electron chi connectivity index (χ0n) is 59.9. The molecule has 0 fully saturated rings. The minimum absolute atomic E-state index is 0.0527. The lowest BCUT2D eigenvalue weighted by atomic mass is 10.0. The van der Waals surface area contributed by atoms with Crippen LogP contribution in [0.25, 0.3) is 88.6 Å². The fourth-order valence-corrected chi connectivity index (χ4v) is 12.0. The Morgan fingerprint density at radius 3 is 1.04 bits per heavy atom. The topological polar surface area (TPSA) is 204 Å². The molecule has 0 aliphatic heterocycles. The lowest BCUT2D eigenvalue weighted by molar-refractivity contribution is -0.142. The molecule has 0 atom stereocenters. The van der Waals surface area contributed by atoms with Gasteiger partial charge in [-0.2, -0.15) is 20.4 Å². The molecule has 4 heterocycles. The van der Waals surface area contributed by atoms with Gasteiger partial charge in [-0.1, -0.05) is 176 Å². The number of halogens is 4. The Morgan fingerprint density at radius 1 is 0.321 bits per heavy atom. The number of carbonyl (C=O) groups is 4. The van der Waals surface area contributed by atoms with Gasteiger partial charge in [0, 0.05) is 43.8 Å². The summed E-state index contributed by atoms with van der Waals surface area (Å²) in [6.07, 6.45) is 0. The van der Waals surface area contributed by atoms with E-state index in [0.29, 0.717) is 52.4 Å². The number of para-hydroxylation sites is 4. The van der Waals surface area contributed by atoms with Gasteiger partial charge in [-0.05, 0) is 114 Å². The van der Waals surface area contributed by atoms with Crippen molar-refractivity contribution in [1.29, 1.82) is 0 Å². The normalized spacial score (nSPS) is 10.8. The Morgan fingerprint density at radius 2 is 0.642 bits per heavy atom. The average molecular weight is 1470 g/mol. The van der Waals surface area contributed by atoms with E-state index in [1.54, 1.807) is 59.3 Å². The summed E-state index contributed by atoms with van der Waals surface area (Å²) < 4.78 is 100. The first kappa shape index (κ1) is 75.0. The van der Waals surface area contributed by atoms with Crippen molar-refractivity contribution in [3.8, 4) is 62.3 Å². The molecule has 0 aliphatic carbocycles. The molecule has 0 aliphatic rings. The van der Waals surface area contributed by atoms with E-state index in [4.69, 9.17) is 33.5 Å². The Kier molecular flexibility index (Phi) is 24.3. The van der Waals surface area contributed by atoms with Gasteiger partial charge < -0.3 is 33.2 Å². The Labute approximate surface area is 623 Å². The van der Waals surface area contributed by atoms with E-state index < -0.39 is 41.2 Å². The smallest absolute Gasteiger partial charge is 0.327 e. The molecule has 15 aromatic rings. The number of hydrogen-bond donors (Lipinski definition) is 0. The molecule has 550 valence electrons. The highest BCUT2D eigenvalue weighted by Gasteiger charge is 2.23. The second-order valence-corrected chi connectivity index (χ2v) is 24.6. The molecule has 109 heavy (non-hydrogen) atoms. The van der Waals surface area contributed by atoms with Gasteiger partial charge in [0.25, 0.3) is 0 Å². The molecule has 0 radical (unpaired) electrons. The largest absolute Gasteiger partial charge is 0.489 e. The summed E-state index contributed by atoms with van der Waals surface area (Å²) in [4.78, 5) is 46.8. The number of fused-ring (bicyclic) bond motifs is 4. The van der Waals surface area contributed by atoms with E-state index in [1.807, 2.05) is 189 Å². The van der Waals surface area contributed by atoms with E-state index in [1.165, 1.54) is 48.6 Å². The van der Waals surface area contributed by atoms with Crippen molar-refractivity contribution in [3.05, 3.63) is 306 Å². The van der Waals surface area contributed by atoms with E-state index >= 15 is 4.39 Å². The zero-order chi connectivity index (χ0) is 76.3. The first-order chi connectivity index (χ1) is 53.1. The van der Waals surface area contributed by atoms with Gasteiger partial charge in [-0.25, -0.2) is 17.6 Å². The average Bonchev–Trinajstić information content (AvgIpc) is 1.66. The molecule has 0 unspecified atom stereocenters. The fourth-order valence-electron chi connectivity index (χ4n) is 12.0. The third kappa shape index (κ3) is 18.2. The van der Waals surface area contributed by atoms with Crippen molar-refractivity contribution in [3.63, 3.8) is 0 Å². The van der Waals surface area contributed by atoms with Gasteiger partial charge in [-0.3, -0.25) is 37.9 Å². The fraction of sp³-hybridized carbons (Fsp3) is 0.140. The van der Waals surface area contributed by atoms with Gasteiger partial charge in [0.05, 0.1) is 50.5 Å². The van der Waals surface area contributed by atoms with E-state index in [9.17, 15) is 32.3 Å². The molecule has 0 bridgehead atoms. The van der Waals surface area contributed by atoms with Crippen LogP contribution in [0.15, 0.2) is 261 Å². The number of aromatic nitrogens is 8. The van der Waals surface area contributed by atoms with Crippen LogP contribution in [0.5, 0.6) is 17.2 Å². The van der Waals surface area contributed by atoms with E-state index in [0.717, 1.165) is 90.2 Å². The lowest BCUT2D eigenvalue weighted by Crippen LogP contribution is -2.12. The summed E-state index contributed by atoms with van der Waals surface area (Å²) in [5, 5.41) is 21.1. The maximum atomic E-state index is 15.3. The third-order valence-corrected chi connectivity index (χ3v) is 17.5. The highest BCUT2D eigenvalue weighted by atomic mass is 19.1. The number of aryl methyl sites for hydroxylation is 1. The van der Waals surface area contributed by atoms with E-state index in [-0.39, 0.29) is 55.8 Å². The van der Waals surface area contributed by atoms with Crippen LogP contribution < -0.4 is 14.2 Å². The number of benzene rings is 11. The molecular weight excluding hydrogens is 1400 g/mol. The Bertz CT molecular complexity index is 5400. The number of hydrogen-bond acceptors (Lipinski definition) is 15. The van der Waals surface area contributed by atoms with Crippen LogP contribution >= 0.6 is 0 Å². The quantitative estimate of drug-likeness (QED) is 0.0373. The molecule has 11 aromatic carbocycles. The minimum Gasteiger partial charge on any atom is -0.489 e. The summed E-state index contributed by atoms with van der Waals surface area (Å²) in [5.74, 6) is -2.22. The van der Waals surface area contributed by atoms with Crippen molar-refractivity contribution in [2.45, 2.75) is 52.9 Å². The van der Waals surface area contributed by atoms with Gasteiger partial charge >= 0.3 is 23.9 Å². The van der Waals surface area contributed by atoms with Crippen LogP contribution in [-0.4, -0.2) is 91.4 Å². The summed E-state index contributed by atoms with van der Waals surface area (Å²) in [7, 11) is 5.30. The van der Waals surface area contributed by atoms with Crippen LogP contribution in [-0.2, 0) is 84.1 Å². The lowest BCUT2D eigenvalue weighted by Gasteiger charge is -2.10.